The number of carbonyl (C=O) groups is 1. The van der Waals surface area contributed by atoms with Gasteiger partial charge in [-0.15, -0.1) is 0 Å². The second-order valence-electron chi connectivity index (χ2n) is 5.09. The molecule has 0 aliphatic heterocycles. The average molecular weight is 359 g/mol. The number of nitro benzene ring substituents is 1. The number of phenols is 1. The van der Waals surface area contributed by atoms with E-state index in [0.29, 0.717) is 5.56 Å². The molecular weight excluding hydrogens is 342 g/mol. The topological polar surface area (TPSA) is 108 Å². The van der Waals surface area contributed by atoms with Crippen LogP contribution < -0.4 is 14.2 Å². The quantitative estimate of drug-likeness (QED) is 0.350. The molecule has 2 rings (SSSR count). The van der Waals surface area contributed by atoms with Gasteiger partial charge in [0.2, 0.25) is 11.5 Å². The number of hydrogen-bond acceptors (Lipinski definition) is 7. The number of rotatable bonds is 7. The van der Waals surface area contributed by atoms with Gasteiger partial charge in [-0.25, -0.2) is 0 Å². The van der Waals surface area contributed by atoms with E-state index in [9.17, 15) is 20.0 Å². The lowest BCUT2D eigenvalue weighted by atomic mass is 10.1. The van der Waals surface area contributed by atoms with Crippen molar-refractivity contribution in [3.05, 3.63) is 57.6 Å². The van der Waals surface area contributed by atoms with Gasteiger partial charge in [0.25, 0.3) is 5.69 Å². The van der Waals surface area contributed by atoms with Gasteiger partial charge in [0.1, 0.15) is 0 Å². The van der Waals surface area contributed by atoms with Crippen molar-refractivity contribution >= 4 is 17.5 Å². The minimum atomic E-state index is -0.507. The number of allylic oxidation sites excluding steroid dienone is 1. The third-order valence-electron chi connectivity index (χ3n) is 3.60. The minimum absolute atomic E-state index is 0.0149. The Kier molecular flexibility index (Phi) is 5.79. The number of nitrogens with zero attached hydrogens (tertiary/aromatic N) is 1. The summed E-state index contributed by atoms with van der Waals surface area (Å²) in [7, 11) is 4.11. The summed E-state index contributed by atoms with van der Waals surface area (Å²) in [5, 5.41) is 20.9. The number of hydrogen-bond donors (Lipinski definition) is 1. The smallest absolute Gasteiger partial charge is 0.269 e. The van der Waals surface area contributed by atoms with Crippen molar-refractivity contribution in [3.63, 3.8) is 0 Å². The number of ether oxygens (including phenoxy) is 3. The molecule has 8 nitrogen and oxygen atoms in total. The Morgan fingerprint density at radius 1 is 1.08 bits per heavy atom. The molecule has 0 amide bonds. The van der Waals surface area contributed by atoms with Gasteiger partial charge in [0.05, 0.1) is 31.8 Å². The molecule has 0 unspecified atom stereocenters. The van der Waals surface area contributed by atoms with Crippen molar-refractivity contribution in [1.29, 1.82) is 0 Å². The summed E-state index contributed by atoms with van der Waals surface area (Å²) in [5.41, 5.74) is 0.518. The van der Waals surface area contributed by atoms with Gasteiger partial charge < -0.3 is 19.3 Å². The molecular formula is C18H17NO7. The zero-order valence-electron chi connectivity index (χ0n) is 14.4. The van der Waals surface area contributed by atoms with Gasteiger partial charge in [0, 0.05) is 12.1 Å². The lowest BCUT2D eigenvalue weighted by Crippen LogP contribution is -2.01. The van der Waals surface area contributed by atoms with Gasteiger partial charge in [0.15, 0.2) is 17.3 Å². The predicted octanol–water partition coefficient (Wildman–Crippen LogP) is 3.22. The van der Waals surface area contributed by atoms with Crippen LogP contribution in [0.15, 0.2) is 36.4 Å². The number of carbonyl (C=O) groups excluding carboxylic acids is 1. The highest BCUT2D eigenvalue weighted by atomic mass is 16.6. The Morgan fingerprint density at radius 3 is 2.19 bits per heavy atom. The van der Waals surface area contributed by atoms with Crippen molar-refractivity contribution in [2.75, 3.05) is 21.3 Å². The third-order valence-corrected chi connectivity index (χ3v) is 3.60. The van der Waals surface area contributed by atoms with Crippen LogP contribution >= 0.6 is 0 Å². The first-order valence-corrected chi connectivity index (χ1v) is 7.41. The average Bonchev–Trinajstić information content (AvgIpc) is 2.65. The van der Waals surface area contributed by atoms with Crippen molar-refractivity contribution in [2.45, 2.75) is 0 Å². The Morgan fingerprint density at radius 2 is 1.69 bits per heavy atom. The Balaban J connectivity index is 2.35. The van der Waals surface area contributed by atoms with Crippen LogP contribution in [-0.2, 0) is 0 Å². The molecule has 1 N–H and O–H groups in total. The Labute approximate surface area is 149 Å². The summed E-state index contributed by atoms with van der Waals surface area (Å²) >= 11 is 0. The fraction of sp³-hybridized carbons (Fsp3) is 0.167. The molecule has 0 fully saturated rings. The lowest BCUT2D eigenvalue weighted by Gasteiger charge is -2.15. The van der Waals surface area contributed by atoms with E-state index in [1.807, 2.05) is 0 Å². The second kappa shape index (κ2) is 8.02. The molecule has 26 heavy (non-hydrogen) atoms. The van der Waals surface area contributed by atoms with Crippen LogP contribution in [0.4, 0.5) is 5.69 Å². The van der Waals surface area contributed by atoms with Crippen LogP contribution in [-0.4, -0.2) is 37.1 Å². The van der Waals surface area contributed by atoms with Crippen molar-refractivity contribution in [1.82, 2.24) is 0 Å². The highest BCUT2D eigenvalue weighted by molar-refractivity contribution is 6.09. The monoisotopic (exact) mass is 359 g/mol. The van der Waals surface area contributed by atoms with Crippen LogP contribution in [0.2, 0.25) is 0 Å². The van der Waals surface area contributed by atoms with E-state index in [0.717, 1.165) is 0 Å². The van der Waals surface area contributed by atoms with Crippen molar-refractivity contribution in [3.8, 4) is 23.0 Å². The Bertz CT molecular complexity index is 857. The molecule has 136 valence electrons. The molecule has 2 aromatic rings. The van der Waals surface area contributed by atoms with Crippen LogP contribution in [0.5, 0.6) is 23.0 Å². The van der Waals surface area contributed by atoms with E-state index < -0.39 is 10.7 Å². The standard InChI is InChI=1S/C18H17NO7/c1-24-15-10-13(16(21)18(26-3)17(15)25-2)14(20)9-6-11-4-7-12(8-5-11)19(22)23/h4-10,21H,1-3H3/b9-6+. The minimum Gasteiger partial charge on any atom is -0.504 e. The van der Waals surface area contributed by atoms with E-state index in [1.54, 1.807) is 0 Å². The highest BCUT2D eigenvalue weighted by Gasteiger charge is 2.22. The number of nitro groups is 1. The van der Waals surface area contributed by atoms with E-state index in [-0.39, 0.29) is 34.2 Å². The number of ketones is 1. The van der Waals surface area contributed by atoms with Gasteiger partial charge in [-0.05, 0) is 29.8 Å². The molecule has 0 aliphatic rings. The lowest BCUT2D eigenvalue weighted by molar-refractivity contribution is -0.384. The highest BCUT2D eigenvalue weighted by Crippen LogP contribution is 2.46. The summed E-state index contributed by atoms with van der Waals surface area (Å²) < 4.78 is 15.4. The first kappa shape index (κ1) is 18.8. The maximum atomic E-state index is 12.4. The first-order valence-electron chi connectivity index (χ1n) is 7.41. The second-order valence-corrected chi connectivity index (χ2v) is 5.09. The number of aromatic hydroxyl groups is 1. The van der Waals surface area contributed by atoms with Crippen LogP contribution in [0, 0.1) is 10.1 Å². The normalized spacial score (nSPS) is 10.6. The molecule has 0 radical (unpaired) electrons. The predicted molar refractivity (Wildman–Crippen MR) is 94.2 cm³/mol. The summed E-state index contributed by atoms with van der Waals surface area (Å²) in [4.78, 5) is 22.6. The van der Waals surface area contributed by atoms with E-state index in [2.05, 4.69) is 0 Å². The summed E-state index contributed by atoms with van der Waals surface area (Å²) in [6.45, 7) is 0. The molecule has 0 aromatic heterocycles. The summed E-state index contributed by atoms with van der Waals surface area (Å²) in [6.07, 6.45) is 2.72. The molecule has 0 heterocycles. The molecule has 0 saturated carbocycles. The van der Waals surface area contributed by atoms with Crippen molar-refractivity contribution < 1.29 is 29.0 Å². The fourth-order valence-electron chi connectivity index (χ4n) is 2.30. The molecule has 0 bridgehead atoms. The maximum absolute atomic E-state index is 12.4. The SMILES string of the molecule is COc1cc(C(=O)/C=C/c2ccc([N+](=O)[O-])cc2)c(O)c(OC)c1OC. The van der Waals surface area contributed by atoms with Gasteiger partial charge in [-0.2, -0.15) is 0 Å². The first-order chi connectivity index (χ1) is 12.4. The van der Waals surface area contributed by atoms with E-state index in [1.165, 1.54) is 63.8 Å². The largest absolute Gasteiger partial charge is 0.504 e. The van der Waals surface area contributed by atoms with Gasteiger partial charge in [-0.3, -0.25) is 14.9 Å². The summed E-state index contributed by atoms with van der Waals surface area (Å²) in [6, 6.07) is 7.04. The number of benzene rings is 2. The zero-order chi connectivity index (χ0) is 19.3. The molecule has 0 spiro atoms. The number of methoxy groups -OCH3 is 3. The van der Waals surface area contributed by atoms with Crippen molar-refractivity contribution in [2.24, 2.45) is 0 Å². The summed E-state index contributed by atoms with van der Waals surface area (Å²) in [5.74, 6) is -0.486. The fourth-order valence-corrected chi connectivity index (χ4v) is 2.30. The zero-order valence-corrected chi connectivity index (χ0v) is 14.4. The van der Waals surface area contributed by atoms with Gasteiger partial charge in [-0.1, -0.05) is 6.08 Å². The number of phenolic OH excluding ortho intramolecular Hbond substituents is 1. The molecule has 8 heteroatoms. The van der Waals surface area contributed by atoms with Gasteiger partial charge >= 0.3 is 0 Å². The molecule has 0 atom stereocenters. The Hall–Kier alpha value is -3.55. The number of non-ortho nitro benzene ring substituents is 1. The third kappa shape index (κ3) is 3.75. The van der Waals surface area contributed by atoms with Crippen LogP contribution in [0.1, 0.15) is 15.9 Å². The molecule has 0 aliphatic carbocycles. The van der Waals surface area contributed by atoms with E-state index >= 15 is 0 Å². The maximum Gasteiger partial charge on any atom is 0.269 e. The van der Waals surface area contributed by atoms with Crippen LogP contribution in [0.25, 0.3) is 6.08 Å². The van der Waals surface area contributed by atoms with E-state index in [4.69, 9.17) is 14.2 Å². The van der Waals surface area contributed by atoms with Crippen LogP contribution in [0.3, 0.4) is 0 Å². The molecule has 0 saturated heterocycles. The molecule has 2 aromatic carbocycles.